The van der Waals surface area contributed by atoms with Gasteiger partial charge in [0.05, 0.1) is 17.8 Å². The predicted molar refractivity (Wildman–Crippen MR) is 265 cm³/mol. The minimum atomic E-state index is -4.74. The van der Waals surface area contributed by atoms with Gasteiger partial charge in [-0.1, -0.05) is 44.5 Å². The lowest BCUT2D eigenvalue weighted by Gasteiger charge is -2.43. The molecule has 15 nitrogen and oxygen atoms in total. The van der Waals surface area contributed by atoms with Gasteiger partial charge in [0, 0.05) is 116 Å². The van der Waals surface area contributed by atoms with Crippen LogP contribution in [0.15, 0.2) is 66.9 Å². The monoisotopic (exact) mass is 1030 g/mol. The molecule has 6 aliphatic rings. The number of anilines is 3. The van der Waals surface area contributed by atoms with Gasteiger partial charge >= 0.3 is 6.18 Å². The number of aromatic nitrogens is 1. The second-order valence-corrected chi connectivity index (χ2v) is 21.7. The maximum Gasteiger partial charge on any atom is 0.433 e. The summed E-state index contributed by atoms with van der Waals surface area (Å²) in [6.07, 6.45) is -1.18. The van der Waals surface area contributed by atoms with E-state index in [2.05, 4.69) is 25.4 Å². The number of likely N-dealkylation sites (tertiary alicyclic amines) is 1. The Morgan fingerprint density at radius 2 is 1.68 bits per heavy atom. The number of piperidine rings is 2. The molecule has 73 heavy (non-hydrogen) atoms. The molecule has 5 amide bonds. The van der Waals surface area contributed by atoms with Crippen molar-refractivity contribution in [2.45, 2.75) is 101 Å². The Hall–Kier alpha value is -6.47. The normalized spacial score (nSPS) is 24.8. The fraction of sp³-hybridized carbons (Fsp3) is 0.472. The smallest absolute Gasteiger partial charge is 0.433 e. The number of carbonyl (C=O) groups is 5. The number of alkyl halides is 3. The first-order valence-electron chi connectivity index (χ1n) is 24.8. The van der Waals surface area contributed by atoms with Gasteiger partial charge < -0.3 is 35.4 Å². The third-order valence-corrected chi connectivity index (χ3v) is 16.2. The quantitative estimate of drug-likeness (QED) is 0.120. The molecule has 386 valence electrons. The summed E-state index contributed by atoms with van der Waals surface area (Å²) < 4.78 is 64.8. The van der Waals surface area contributed by atoms with E-state index < -0.39 is 64.4 Å². The summed E-state index contributed by atoms with van der Waals surface area (Å²) in [6.45, 7) is 10.5. The zero-order valence-corrected chi connectivity index (χ0v) is 41.8. The zero-order valence-electron chi connectivity index (χ0n) is 41.0. The predicted octanol–water partition coefficient (Wildman–Crippen LogP) is 6.72. The van der Waals surface area contributed by atoms with Crippen LogP contribution < -0.4 is 30.9 Å². The summed E-state index contributed by atoms with van der Waals surface area (Å²) in [5.74, 6) is -3.57. The molecule has 1 unspecified atom stereocenters. The summed E-state index contributed by atoms with van der Waals surface area (Å²) in [5.41, 5.74) is 7.35. The number of benzene rings is 3. The highest BCUT2D eigenvalue weighted by molar-refractivity contribution is 6.30. The van der Waals surface area contributed by atoms with Crippen LogP contribution >= 0.6 is 11.6 Å². The number of imide groups is 1. The highest BCUT2D eigenvalue weighted by Crippen LogP contribution is 2.61. The number of halogens is 5. The number of rotatable bonds is 9. The topological polar surface area (TPSA) is 174 Å². The lowest BCUT2D eigenvalue weighted by atomic mass is 9.63. The Labute approximate surface area is 425 Å². The van der Waals surface area contributed by atoms with Crippen LogP contribution in [-0.4, -0.2) is 126 Å². The van der Waals surface area contributed by atoms with E-state index in [0.29, 0.717) is 54.9 Å². The Morgan fingerprint density at radius 1 is 0.945 bits per heavy atom. The Balaban J connectivity index is 0.863. The number of nitrogens with one attached hydrogen (secondary N) is 2. The maximum atomic E-state index is 16.5. The van der Waals surface area contributed by atoms with Gasteiger partial charge in [-0.2, -0.15) is 13.2 Å². The van der Waals surface area contributed by atoms with Crippen molar-refractivity contribution in [1.82, 2.24) is 25.0 Å². The molecule has 0 aliphatic carbocycles. The van der Waals surface area contributed by atoms with Crippen LogP contribution in [0.5, 0.6) is 5.75 Å². The van der Waals surface area contributed by atoms with E-state index in [9.17, 15) is 37.1 Å². The molecular formula is C53H58ClF4N9O6. The van der Waals surface area contributed by atoms with Crippen molar-refractivity contribution >= 4 is 58.2 Å². The fourth-order valence-electron chi connectivity index (χ4n) is 12.6. The number of amides is 5. The fourth-order valence-corrected chi connectivity index (χ4v) is 12.7. The number of hydrogen-bond acceptors (Lipinski definition) is 11. The number of primary amides is 1. The van der Waals surface area contributed by atoms with Crippen molar-refractivity contribution < 1.29 is 46.3 Å². The Kier molecular flexibility index (Phi) is 12.9. The van der Waals surface area contributed by atoms with Gasteiger partial charge in [-0.15, -0.1) is 0 Å². The Morgan fingerprint density at radius 3 is 2.36 bits per heavy atom. The molecule has 10 rings (SSSR count). The van der Waals surface area contributed by atoms with Crippen molar-refractivity contribution in [2.24, 2.45) is 11.1 Å². The van der Waals surface area contributed by atoms with Gasteiger partial charge in [0.25, 0.3) is 11.8 Å². The number of nitrogens with two attached hydrogens (primary N) is 1. The molecule has 20 heteroatoms. The molecule has 4 N–H and O–H groups in total. The molecule has 1 aromatic heterocycles. The first-order valence-corrected chi connectivity index (χ1v) is 25.1. The molecule has 4 aromatic rings. The minimum Gasteiger partial charge on any atom is -0.495 e. The zero-order chi connectivity index (χ0) is 51.9. The second-order valence-electron chi connectivity index (χ2n) is 21.3. The largest absolute Gasteiger partial charge is 0.495 e. The molecule has 3 aromatic carbocycles. The van der Waals surface area contributed by atoms with Crippen LogP contribution in [0.25, 0.3) is 0 Å². The molecule has 0 saturated carbocycles. The lowest BCUT2D eigenvalue weighted by molar-refractivity contribution is -0.141. The van der Waals surface area contributed by atoms with Crippen molar-refractivity contribution in [3.63, 3.8) is 0 Å². The van der Waals surface area contributed by atoms with Gasteiger partial charge in [0.15, 0.2) is 0 Å². The van der Waals surface area contributed by atoms with E-state index in [-0.39, 0.29) is 58.8 Å². The Bertz CT molecular complexity index is 2900. The third-order valence-electron chi connectivity index (χ3n) is 15.9. The van der Waals surface area contributed by atoms with Gasteiger partial charge in [0.1, 0.15) is 29.3 Å². The highest BCUT2D eigenvalue weighted by atomic mass is 35.5. The second kappa shape index (κ2) is 18.8. The van der Waals surface area contributed by atoms with E-state index in [0.717, 1.165) is 56.3 Å². The molecule has 7 heterocycles. The third kappa shape index (κ3) is 8.89. The van der Waals surface area contributed by atoms with E-state index in [1.54, 1.807) is 29.2 Å². The number of pyridine rings is 1. The molecule has 4 saturated heterocycles. The van der Waals surface area contributed by atoms with Crippen LogP contribution in [0.3, 0.4) is 0 Å². The average molecular weight is 1030 g/mol. The number of piperazine rings is 1. The number of hydrogen-bond donors (Lipinski definition) is 3. The average Bonchev–Trinajstić information content (AvgIpc) is 3.99. The van der Waals surface area contributed by atoms with Crippen molar-refractivity contribution in [3.8, 4) is 5.75 Å². The van der Waals surface area contributed by atoms with Crippen molar-refractivity contribution in [2.75, 3.05) is 68.0 Å². The minimum absolute atomic E-state index is 0.0138. The number of fused-ring (bicyclic) bond motifs is 3. The highest BCUT2D eigenvalue weighted by Gasteiger charge is 2.66. The number of ether oxygens (including phenoxy) is 1. The maximum absolute atomic E-state index is 16.5. The SMILES string of the molecule is COc1cc(C(=O)N2CCC(N3CCN(c4ccc5c(c4)CN(C4CCC(=O)NC4=O)C5=O)CC3)CC2)ccc1N1[C@@H](CC(C)(C)C)[C@@]2(CNc3cc(C(F)(F)F)ncc32)[C@@H](c2cccc(Cl)c2F)[C@@H]1C(N)=O. The van der Waals surface area contributed by atoms with Crippen LogP contribution in [0.1, 0.15) is 102 Å². The van der Waals surface area contributed by atoms with E-state index in [1.807, 2.05) is 48.8 Å². The summed E-state index contributed by atoms with van der Waals surface area (Å²) in [5, 5.41) is 5.34. The van der Waals surface area contributed by atoms with Gasteiger partial charge in [-0.05, 0) is 90.8 Å². The summed E-state index contributed by atoms with van der Waals surface area (Å²) in [4.78, 5) is 79.9. The lowest BCUT2D eigenvalue weighted by Crippen LogP contribution is -2.53. The van der Waals surface area contributed by atoms with E-state index >= 15 is 4.39 Å². The van der Waals surface area contributed by atoms with Crippen LogP contribution in [0.4, 0.5) is 34.6 Å². The summed E-state index contributed by atoms with van der Waals surface area (Å²) in [7, 11) is 1.45. The number of nitrogens with zero attached hydrogens (tertiary/aromatic N) is 6. The molecule has 0 radical (unpaired) electrons. The van der Waals surface area contributed by atoms with Crippen LogP contribution in [0.2, 0.25) is 5.02 Å². The first kappa shape index (κ1) is 50.1. The molecule has 6 aliphatic heterocycles. The van der Waals surface area contributed by atoms with Crippen molar-refractivity contribution in [1.29, 1.82) is 0 Å². The molecular weight excluding hydrogens is 970 g/mol. The first-order chi connectivity index (χ1) is 34.7. The van der Waals surface area contributed by atoms with Crippen molar-refractivity contribution in [3.05, 3.63) is 111 Å². The molecule has 0 bridgehead atoms. The molecule has 5 atom stereocenters. The molecule has 1 spiro atoms. The number of carbonyl (C=O) groups excluding carboxylic acids is 5. The molecule has 4 fully saturated rings. The van der Waals surface area contributed by atoms with Gasteiger partial charge in [-0.3, -0.25) is 39.2 Å². The summed E-state index contributed by atoms with van der Waals surface area (Å²) >= 11 is 6.42. The van der Waals surface area contributed by atoms with Crippen LogP contribution in [0, 0.1) is 11.2 Å². The van der Waals surface area contributed by atoms with Crippen LogP contribution in [-0.2, 0) is 32.5 Å². The van der Waals surface area contributed by atoms with Gasteiger partial charge in [0.2, 0.25) is 17.7 Å². The van der Waals surface area contributed by atoms with Gasteiger partial charge in [-0.25, -0.2) is 4.39 Å². The number of methoxy groups -OCH3 is 1. The van der Waals surface area contributed by atoms with E-state index in [4.69, 9.17) is 22.1 Å². The standard InChI is InChI=1S/C53H58ClF4N9O6/c1-51(2,3)25-42-52(28-61-37-24-41(53(56,57)58)60-26-35(37)52)44(34-6-5-7-36(54)45(34)55)46(47(59)69)67(42)38-11-8-29(23-40(38)73-4)49(71)65-16-14-31(15-17-65)63-18-20-64(21-19-63)32-9-10-33-30(22-32)27-66(50(33)72)39-12-13-43(68)62-48(39)70/h5-11,22-24,26,31,39,42,44,46,61H,12-21,25,27-28H2,1-4H3,(H2,59,69)(H,62,68,70)/t39?,42-,44-,46+,52-/m0/s1. The summed E-state index contributed by atoms with van der Waals surface area (Å²) in [6, 6.07) is 13.9. The van der Waals surface area contributed by atoms with E-state index in [1.165, 1.54) is 25.4 Å².